The van der Waals surface area contributed by atoms with Crippen molar-refractivity contribution in [3.8, 4) is 0 Å². The van der Waals surface area contributed by atoms with E-state index in [1.807, 2.05) is 6.92 Å². The largest absolute Gasteiger partial charge is 0.369 e. The molecule has 1 atom stereocenters. The van der Waals surface area contributed by atoms with Crippen LogP contribution < -0.4 is 10.2 Å². The molecular weight excluding hydrogens is 272 g/mol. The maximum absolute atomic E-state index is 4.53. The normalized spacial score (nSPS) is 18.3. The molecule has 4 heteroatoms. The maximum atomic E-state index is 4.53. The Balaban J connectivity index is 1.69. The Kier molecular flexibility index (Phi) is 4.56. The Hall–Kier alpha value is -2.10. The predicted molar refractivity (Wildman–Crippen MR) is 91.4 cm³/mol. The van der Waals surface area contributed by atoms with E-state index in [1.54, 1.807) is 0 Å². The van der Waals surface area contributed by atoms with Crippen molar-refractivity contribution in [2.24, 2.45) is 0 Å². The first-order valence-electron chi connectivity index (χ1n) is 8.15. The number of piperidine rings is 1. The van der Waals surface area contributed by atoms with E-state index in [-0.39, 0.29) is 0 Å². The average molecular weight is 296 g/mol. The monoisotopic (exact) mass is 296 g/mol. The van der Waals surface area contributed by atoms with Gasteiger partial charge in [-0.1, -0.05) is 25.1 Å². The van der Waals surface area contributed by atoms with Gasteiger partial charge in [-0.3, -0.25) is 0 Å². The third-order valence-corrected chi connectivity index (χ3v) is 4.15. The van der Waals surface area contributed by atoms with Crippen molar-refractivity contribution in [3.05, 3.63) is 47.9 Å². The highest BCUT2D eigenvalue weighted by molar-refractivity contribution is 5.47. The first kappa shape index (κ1) is 14.8. The fourth-order valence-electron chi connectivity index (χ4n) is 3.06. The van der Waals surface area contributed by atoms with E-state index >= 15 is 0 Å². The molecule has 116 valence electrons. The zero-order valence-corrected chi connectivity index (χ0v) is 13.4. The highest BCUT2D eigenvalue weighted by Gasteiger charge is 2.20. The highest BCUT2D eigenvalue weighted by atomic mass is 15.2. The number of hydrogen-bond donors (Lipinski definition) is 1. The summed E-state index contributed by atoms with van der Waals surface area (Å²) < 4.78 is 0. The summed E-state index contributed by atoms with van der Waals surface area (Å²) in [6.07, 6.45) is 3.34. The molecule has 0 radical (unpaired) electrons. The van der Waals surface area contributed by atoms with Gasteiger partial charge in [0.2, 0.25) is 0 Å². The number of para-hydroxylation sites is 1. The van der Waals surface area contributed by atoms with Gasteiger partial charge in [-0.25, -0.2) is 9.97 Å². The summed E-state index contributed by atoms with van der Waals surface area (Å²) in [5.74, 6) is 1.81. The van der Waals surface area contributed by atoms with E-state index in [0.717, 1.165) is 36.8 Å². The molecule has 4 nitrogen and oxygen atoms in total. The molecule has 0 amide bonds. The Labute approximate surface area is 132 Å². The van der Waals surface area contributed by atoms with E-state index < -0.39 is 0 Å². The molecule has 1 fully saturated rings. The van der Waals surface area contributed by atoms with E-state index in [4.69, 9.17) is 0 Å². The fraction of sp³-hybridized carbons (Fsp3) is 0.444. The molecule has 1 saturated heterocycles. The third-order valence-electron chi connectivity index (χ3n) is 4.15. The second-order valence-corrected chi connectivity index (χ2v) is 5.91. The molecule has 1 aliphatic heterocycles. The van der Waals surface area contributed by atoms with Gasteiger partial charge in [0.25, 0.3) is 0 Å². The number of nitrogens with one attached hydrogen (secondary N) is 1. The lowest BCUT2D eigenvalue weighted by Crippen LogP contribution is -2.42. The molecule has 22 heavy (non-hydrogen) atoms. The van der Waals surface area contributed by atoms with Crippen LogP contribution in [0.15, 0.2) is 36.4 Å². The van der Waals surface area contributed by atoms with Gasteiger partial charge in [-0.2, -0.15) is 0 Å². The molecule has 2 heterocycles. The van der Waals surface area contributed by atoms with Gasteiger partial charge in [0.1, 0.15) is 11.6 Å². The minimum Gasteiger partial charge on any atom is -0.369 e. The Morgan fingerprint density at radius 1 is 1.23 bits per heavy atom. The van der Waals surface area contributed by atoms with Crippen LogP contribution >= 0.6 is 0 Å². The molecule has 1 aliphatic rings. The van der Waals surface area contributed by atoms with Crippen molar-refractivity contribution in [2.75, 3.05) is 23.3 Å². The maximum Gasteiger partial charge on any atom is 0.130 e. The molecule has 0 spiro atoms. The van der Waals surface area contributed by atoms with Crippen molar-refractivity contribution < 1.29 is 0 Å². The van der Waals surface area contributed by atoms with Crippen LogP contribution in [0.3, 0.4) is 0 Å². The molecule has 1 N–H and O–H groups in total. The van der Waals surface area contributed by atoms with Crippen LogP contribution in [0.5, 0.6) is 0 Å². The second-order valence-electron chi connectivity index (χ2n) is 5.91. The highest BCUT2D eigenvalue weighted by Crippen LogP contribution is 2.21. The predicted octanol–water partition coefficient (Wildman–Crippen LogP) is 3.43. The van der Waals surface area contributed by atoms with Crippen LogP contribution in [0.2, 0.25) is 0 Å². The standard InChI is InChI=1S/C18H24N4/c1-3-15-12-18(20-14(2)19-15)21-16-8-7-11-22(13-16)17-9-5-4-6-10-17/h4-6,9-10,12,16H,3,7-8,11,13H2,1-2H3,(H,19,20,21). The third kappa shape index (κ3) is 3.56. The number of hydrogen-bond acceptors (Lipinski definition) is 4. The number of benzene rings is 1. The summed E-state index contributed by atoms with van der Waals surface area (Å²) in [6.45, 7) is 6.24. The van der Waals surface area contributed by atoms with Gasteiger partial charge >= 0.3 is 0 Å². The van der Waals surface area contributed by atoms with Crippen molar-refractivity contribution in [1.29, 1.82) is 0 Å². The summed E-state index contributed by atoms with van der Waals surface area (Å²) in [5.41, 5.74) is 2.41. The number of aryl methyl sites for hydroxylation is 2. The summed E-state index contributed by atoms with van der Waals surface area (Å²) in [5, 5.41) is 3.60. The number of nitrogens with zero attached hydrogens (tertiary/aromatic N) is 3. The van der Waals surface area contributed by atoms with E-state index in [2.05, 4.69) is 63.5 Å². The van der Waals surface area contributed by atoms with Crippen LogP contribution in [0.1, 0.15) is 31.3 Å². The van der Waals surface area contributed by atoms with Gasteiger partial charge in [-0.15, -0.1) is 0 Å². The minimum absolute atomic E-state index is 0.438. The molecule has 1 aromatic carbocycles. The van der Waals surface area contributed by atoms with Crippen LogP contribution in [0.4, 0.5) is 11.5 Å². The number of rotatable bonds is 4. The zero-order chi connectivity index (χ0) is 15.4. The molecule has 0 aliphatic carbocycles. The lowest BCUT2D eigenvalue weighted by atomic mass is 10.0. The Bertz CT molecular complexity index is 612. The molecular formula is C18H24N4. The molecule has 3 rings (SSSR count). The van der Waals surface area contributed by atoms with Crippen molar-refractivity contribution in [3.63, 3.8) is 0 Å². The number of aromatic nitrogens is 2. The fourth-order valence-corrected chi connectivity index (χ4v) is 3.06. The quantitative estimate of drug-likeness (QED) is 0.938. The van der Waals surface area contributed by atoms with Crippen LogP contribution in [-0.4, -0.2) is 29.1 Å². The van der Waals surface area contributed by atoms with Crippen molar-refractivity contribution in [2.45, 2.75) is 39.2 Å². The van der Waals surface area contributed by atoms with E-state index in [0.29, 0.717) is 6.04 Å². The zero-order valence-electron chi connectivity index (χ0n) is 13.4. The van der Waals surface area contributed by atoms with Crippen LogP contribution in [0, 0.1) is 6.92 Å². The smallest absolute Gasteiger partial charge is 0.130 e. The van der Waals surface area contributed by atoms with E-state index in [9.17, 15) is 0 Å². The number of anilines is 2. The Morgan fingerprint density at radius 3 is 2.82 bits per heavy atom. The summed E-state index contributed by atoms with van der Waals surface area (Å²) >= 11 is 0. The van der Waals surface area contributed by atoms with Crippen molar-refractivity contribution >= 4 is 11.5 Å². The summed E-state index contributed by atoms with van der Waals surface area (Å²) in [6, 6.07) is 13.2. The van der Waals surface area contributed by atoms with E-state index in [1.165, 1.54) is 18.5 Å². The SMILES string of the molecule is CCc1cc(NC2CCCN(c3ccccc3)C2)nc(C)n1. The van der Waals surface area contributed by atoms with Gasteiger partial charge in [-0.05, 0) is 38.3 Å². The second kappa shape index (κ2) is 6.77. The van der Waals surface area contributed by atoms with Gasteiger partial charge in [0.05, 0.1) is 0 Å². The molecule has 1 aromatic heterocycles. The van der Waals surface area contributed by atoms with Crippen LogP contribution in [0.25, 0.3) is 0 Å². The van der Waals surface area contributed by atoms with Crippen molar-refractivity contribution in [1.82, 2.24) is 9.97 Å². The topological polar surface area (TPSA) is 41.0 Å². The lowest BCUT2D eigenvalue weighted by molar-refractivity contribution is 0.528. The lowest BCUT2D eigenvalue weighted by Gasteiger charge is -2.35. The first-order valence-corrected chi connectivity index (χ1v) is 8.15. The summed E-state index contributed by atoms with van der Waals surface area (Å²) in [7, 11) is 0. The summed E-state index contributed by atoms with van der Waals surface area (Å²) in [4.78, 5) is 11.4. The first-order chi connectivity index (χ1) is 10.7. The van der Waals surface area contributed by atoms with Crippen LogP contribution in [-0.2, 0) is 6.42 Å². The molecule has 1 unspecified atom stereocenters. The van der Waals surface area contributed by atoms with Gasteiger partial charge < -0.3 is 10.2 Å². The molecule has 2 aromatic rings. The molecule has 0 bridgehead atoms. The van der Waals surface area contributed by atoms with Gasteiger partial charge in [0.15, 0.2) is 0 Å². The Morgan fingerprint density at radius 2 is 2.05 bits per heavy atom. The van der Waals surface area contributed by atoms with Gasteiger partial charge in [0, 0.05) is 36.6 Å². The average Bonchev–Trinajstić information content (AvgIpc) is 2.55. The molecule has 0 saturated carbocycles. The minimum atomic E-state index is 0.438.